The number of phenols is 1. The van der Waals surface area contributed by atoms with E-state index in [1.165, 1.54) is 13.0 Å². The molecule has 2 aromatic rings. The lowest BCUT2D eigenvalue weighted by Crippen LogP contribution is -2.26. The monoisotopic (exact) mass is 318 g/mol. The Kier molecular flexibility index (Phi) is 5.78. The molecule has 0 fully saturated rings. The van der Waals surface area contributed by atoms with E-state index in [4.69, 9.17) is 0 Å². The number of phenolic OH excluding ortho intramolecular Hbond substituents is 1. The van der Waals surface area contributed by atoms with Crippen LogP contribution in [-0.4, -0.2) is 39.0 Å². The Morgan fingerprint density at radius 3 is 2.74 bits per heavy atom. The summed E-state index contributed by atoms with van der Waals surface area (Å²) in [6.07, 6.45) is 3.37. The van der Waals surface area contributed by atoms with Crippen molar-refractivity contribution in [1.82, 2.24) is 9.88 Å². The van der Waals surface area contributed by atoms with Crippen LogP contribution < -0.4 is 0 Å². The summed E-state index contributed by atoms with van der Waals surface area (Å²) in [5, 5.41) is 19.4. The molecule has 0 aliphatic carbocycles. The van der Waals surface area contributed by atoms with E-state index in [0.717, 1.165) is 11.6 Å². The van der Waals surface area contributed by atoms with Gasteiger partial charge in [-0.3, -0.25) is 14.7 Å². The van der Waals surface area contributed by atoms with Crippen molar-refractivity contribution in [2.24, 2.45) is 0 Å². The van der Waals surface area contributed by atoms with E-state index in [9.17, 15) is 19.4 Å². The maximum absolute atomic E-state index is 13.7. The van der Waals surface area contributed by atoms with Gasteiger partial charge in [-0.1, -0.05) is 6.07 Å². The molecule has 6 heteroatoms. The van der Waals surface area contributed by atoms with Gasteiger partial charge in [-0.25, -0.2) is 4.39 Å². The van der Waals surface area contributed by atoms with Crippen molar-refractivity contribution < 1.29 is 19.4 Å². The summed E-state index contributed by atoms with van der Waals surface area (Å²) < 4.78 is 13.7. The number of halogens is 1. The Bertz CT molecular complexity index is 677. The third-order valence-corrected chi connectivity index (χ3v) is 3.47. The number of rotatable bonds is 7. The predicted octanol–water partition coefficient (Wildman–Crippen LogP) is 2.12. The second kappa shape index (κ2) is 7.80. The number of carbonyl (C=O) groups is 1. The minimum absolute atomic E-state index is 0.0367. The smallest absolute Gasteiger partial charge is 0.163 e. The maximum Gasteiger partial charge on any atom is 0.163 e. The molecule has 0 amide bonds. The number of Topliss-reactive ketones (excluding diaryl/α,β-unsaturated/α-hetero) is 1. The molecule has 0 saturated heterocycles. The third-order valence-electron chi connectivity index (χ3n) is 3.47. The quantitative estimate of drug-likeness (QED) is 0.765. The molecular weight excluding hydrogens is 299 g/mol. The first-order chi connectivity index (χ1) is 11.0. The Morgan fingerprint density at radius 1 is 1.35 bits per heavy atom. The average molecular weight is 318 g/mol. The molecule has 1 heterocycles. The molecule has 2 rings (SSSR count). The maximum atomic E-state index is 13.7. The van der Waals surface area contributed by atoms with Crippen molar-refractivity contribution in [2.75, 3.05) is 13.2 Å². The van der Waals surface area contributed by atoms with Gasteiger partial charge in [0.25, 0.3) is 0 Å². The van der Waals surface area contributed by atoms with Crippen LogP contribution >= 0.6 is 0 Å². The van der Waals surface area contributed by atoms with E-state index in [1.807, 2.05) is 11.0 Å². The molecule has 1 aromatic carbocycles. The lowest BCUT2D eigenvalue weighted by atomic mass is 10.0. The lowest BCUT2D eigenvalue weighted by molar-refractivity contribution is 0.101. The standard InChI is InChI=1S/C17H19FN2O3/c1-12(22)16-8-15(18)7-14(17(16)23)11-20(5-6-21)10-13-3-2-4-19-9-13/h2-4,7-9,21,23H,5-6,10-11H2,1H3. The Morgan fingerprint density at radius 2 is 2.13 bits per heavy atom. The fourth-order valence-corrected chi connectivity index (χ4v) is 2.39. The van der Waals surface area contributed by atoms with Crippen LogP contribution in [0.15, 0.2) is 36.7 Å². The Balaban J connectivity index is 2.24. The highest BCUT2D eigenvalue weighted by atomic mass is 19.1. The van der Waals surface area contributed by atoms with Crippen molar-refractivity contribution in [3.63, 3.8) is 0 Å². The number of aliphatic hydroxyl groups is 1. The second-order valence-corrected chi connectivity index (χ2v) is 5.31. The van der Waals surface area contributed by atoms with Gasteiger partial charge in [0.05, 0.1) is 12.2 Å². The molecule has 0 bridgehead atoms. The number of aliphatic hydroxyl groups excluding tert-OH is 1. The van der Waals surface area contributed by atoms with Crippen molar-refractivity contribution in [3.8, 4) is 5.75 Å². The van der Waals surface area contributed by atoms with Crippen molar-refractivity contribution >= 4 is 5.78 Å². The highest BCUT2D eigenvalue weighted by Gasteiger charge is 2.16. The van der Waals surface area contributed by atoms with Gasteiger partial charge in [-0.2, -0.15) is 0 Å². The van der Waals surface area contributed by atoms with E-state index in [-0.39, 0.29) is 24.5 Å². The molecule has 5 nitrogen and oxygen atoms in total. The lowest BCUT2D eigenvalue weighted by Gasteiger charge is -2.22. The van der Waals surface area contributed by atoms with Gasteiger partial charge < -0.3 is 10.2 Å². The highest BCUT2D eigenvalue weighted by molar-refractivity contribution is 5.97. The molecular formula is C17H19FN2O3. The summed E-state index contributed by atoms with van der Waals surface area (Å²) >= 11 is 0. The number of benzene rings is 1. The van der Waals surface area contributed by atoms with Crippen LogP contribution in [0.5, 0.6) is 5.75 Å². The largest absolute Gasteiger partial charge is 0.507 e. The summed E-state index contributed by atoms with van der Waals surface area (Å²) in [6, 6.07) is 5.93. The Labute approximate surface area is 134 Å². The molecule has 0 aliphatic heterocycles. The van der Waals surface area contributed by atoms with Crippen molar-refractivity contribution in [1.29, 1.82) is 0 Å². The molecule has 0 saturated carbocycles. The molecule has 1 aromatic heterocycles. The van der Waals surface area contributed by atoms with Gasteiger partial charge in [0, 0.05) is 37.6 Å². The van der Waals surface area contributed by atoms with Crippen LogP contribution in [0.3, 0.4) is 0 Å². The van der Waals surface area contributed by atoms with E-state index in [2.05, 4.69) is 4.98 Å². The van der Waals surface area contributed by atoms with E-state index < -0.39 is 11.6 Å². The van der Waals surface area contributed by atoms with Crippen molar-refractivity contribution in [2.45, 2.75) is 20.0 Å². The first-order valence-corrected chi connectivity index (χ1v) is 7.25. The number of hydrogen-bond donors (Lipinski definition) is 2. The molecule has 122 valence electrons. The molecule has 0 aliphatic rings. The van der Waals surface area contributed by atoms with Gasteiger partial charge in [-0.15, -0.1) is 0 Å². The van der Waals surface area contributed by atoms with Gasteiger partial charge >= 0.3 is 0 Å². The van der Waals surface area contributed by atoms with Gasteiger partial charge in [0.15, 0.2) is 5.78 Å². The van der Waals surface area contributed by atoms with Crippen LogP contribution in [0.25, 0.3) is 0 Å². The summed E-state index contributed by atoms with van der Waals surface area (Å²) in [7, 11) is 0. The Hall–Kier alpha value is -2.31. The van der Waals surface area contributed by atoms with Crippen LogP contribution in [0.2, 0.25) is 0 Å². The number of aromatic nitrogens is 1. The number of ketones is 1. The number of hydrogen-bond acceptors (Lipinski definition) is 5. The van der Waals surface area contributed by atoms with Crippen LogP contribution in [0.4, 0.5) is 4.39 Å². The first kappa shape index (κ1) is 17.1. The molecule has 23 heavy (non-hydrogen) atoms. The molecule has 0 spiro atoms. The number of nitrogens with zero attached hydrogens (tertiary/aromatic N) is 2. The number of aromatic hydroxyl groups is 1. The van der Waals surface area contributed by atoms with Crippen LogP contribution in [-0.2, 0) is 13.1 Å². The second-order valence-electron chi connectivity index (χ2n) is 5.31. The third kappa shape index (κ3) is 4.58. The van der Waals surface area contributed by atoms with Crippen LogP contribution in [0, 0.1) is 5.82 Å². The van der Waals surface area contributed by atoms with E-state index in [0.29, 0.717) is 18.7 Å². The van der Waals surface area contributed by atoms with Gasteiger partial charge in [0.1, 0.15) is 11.6 Å². The molecule has 2 N–H and O–H groups in total. The predicted molar refractivity (Wildman–Crippen MR) is 83.5 cm³/mol. The zero-order valence-electron chi connectivity index (χ0n) is 12.9. The molecule has 0 radical (unpaired) electrons. The normalized spacial score (nSPS) is 11.0. The van der Waals surface area contributed by atoms with Gasteiger partial charge in [-0.05, 0) is 30.7 Å². The number of carbonyl (C=O) groups excluding carboxylic acids is 1. The topological polar surface area (TPSA) is 73.7 Å². The van der Waals surface area contributed by atoms with E-state index >= 15 is 0 Å². The van der Waals surface area contributed by atoms with Crippen molar-refractivity contribution in [3.05, 3.63) is 59.2 Å². The molecule has 0 unspecified atom stereocenters. The minimum Gasteiger partial charge on any atom is -0.507 e. The zero-order valence-corrected chi connectivity index (χ0v) is 12.9. The number of pyridine rings is 1. The first-order valence-electron chi connectivity index (χ1n) is 7.25. The minimum atomic E-state index is -0.576. The van der Waals surface area contributed by atoms with Gasteiger partial charge in [0.2, 0.25) is 0 Å². The zero-order chi connectivity index (χ0) is 16.8. The highest BCUT2D eigenvalue weighted by Crippen LogP contribution is 2.26. The fourth-order valence-electron chi connectivity index (χ4n) is 2.39. The fraction of sp³-hybridized carbons (Fsp3) is 0.294. The van der Waals surface area contributed by atoms with E-state index in [1.54, 1.807) is 18.5 Å². The summed E-state index contributed by atoms with van der Waals surface area (Å²) in [4.78, 5) is 17.4. The van der Waals surface area contributed by atoms with Crippen LogP contribution in [0.1, 0.15) is 28.4 Å². The summed E-state index contributed by atoms with van der Waals surface area (Å²) in [6.45, 7) is 2.24. The average Bonchev–Trinajstić information content (AvgIpc) is 2.51. The summed E-state index contributed by atoms with van der Waals surface area (Å²) in [5.41, 5.74) is 1.21. The molecule has 0 atom stereocenters. The SMILES string of the molecule is CC(=O)c1cc(F)cc(CN(CCO)Cc2cccnc2)c1O. The summed E-state index contributed by atoms with van der Waals surface area (Å²) in [5.74, 6) is -1.19.